The molecule has 3 aromatic rings. The van der Waals surface area contributed by atoms with Crippen molar-refractivity contribution in [2.24, 2.45) is 0 Å². The molecule has 1 saturated heterocycles. The minimum atomic E-state index is 0.175. The van der Waals surface area contributed by atoms with Crippen LogP contribution in [0.15, 0.2) is 33.5 Å². The van der Waals surface area contributed by atoms with E-state index in [4.69, 9.17) is 8.83 Å². The van der Waals surface area contributed by atoms with E-state index in [0.717, 1.165) is 34.9 Å². The van der Waals surface area contributed by atoms with Crippen LogP contribution in [0.3, 0.4) is 0 Å². The molecule has 4 nitrogen and oxygen atoms in total. The summed E-state index contributed by atoms with van der Waals surface area (Å²) in [5.41, 5.74) is 2.47. The number of nitrogens with one attached hydrogen (secondary N) is 1. The second kappa shape index (κ2) is 4.56. The Kier molecular flexibility index (Phi) is 2.70. The lowest BCUT2D eigenvalue weighted by atomic mass is 9.94. The van der Waals surface area contributed by atoms with Crippen molar-refractivity contribution in [3.05, 3.63) is 30.2 Å². The van der Waals surface area contributed by atoms with E-state index >= 15 is 0 Å². The first-order valence-electron chi connectivity index (χ1n) is 7.16. The molecule has 1 unspecified atom stereocenters. The number of rotatable bonds is 2. The average Bonchev–Trinajstić information content (AvgIpc) is 3.14. The maximum Gasteiger partial charge on any atom is 0.176 e. The smallest absolute Gasteiger partial charge is 0.176 e. The van der Waals surface area contributed by atoms with Crippen LogP contribution in [-0.2, 0) is 6.42 Å². The maximum atomic E-state index is 10.2. The molecule has 4 rings (SSSR count). The van der Waals surface area contributed by atoms with E-state index < -0.39 is 0 Å². The molecule has 0 aliphatic carbocycles. The molecular weight excluding hydrogens is 254 g/mol. The molecule has 104 valence electrons. The van der Waals surface area contributed by atoms with Crippen LogP contribution in [0.25, 0.3) is 21.9 Å². The second-order valence-electron chi connectivity index (χ2n) is 5.50. The molecule has 20 heavy (non-hydrogen) atoms. The zero-order valence-corrected chi connectivity index (χ0v) is 11.2. The van der Waals surface area contributed by atoms with Gasteiger partial charge < -0.3 is 19.3 Å². The van der Waals surface area contributed by atoms with Gasteiger partial charge in [-0.3, -0.25) is 0 Å². The highest BCUT2D eigenvalue weighted by atomic mass is 16.4. The molecule has 1 atom stereocenters. The van der Waals surface area contributed by atoms with E-state index in [1.54, 1.807) is 18.6 Å². The first-order chi connectivity index (χ1) is 9.84. The van der Waals surface area contributed by atoms with Gasteiger partial charge in [-0.05, 0) is 37.9 Å². The number of hydrogen-bond donors (Lipinski definition) is 2. The van der Waals surface area contributed by atoms with Crippen LogP contribution in [0.2, 0.25) is 0 Å². The Morgan fingerprint density at radius 2 is 1.90 bits per heavy atom. The molecule has 1 aromatic carbocycles. The molecule has 2 N–H and O–H groups in total. The van der Waals surface area contributed by atoms with E-state index in [9.17, 15) is 5.11 Å². The van der Waals surface area contributed by atoms with Crippen LogP contribution in [0.4, 0.5) is 0 Å². The summed E-state index contributed by atoms with van der Waals surface area (Å²) in [5.74, 6) is 0.175. The van der Waals surface area contributed by atoms with Crippen molar-refractivity contribution >= 4 is 21.9 Å². The second-order valence-corrected chi connectivity index (χ2v) is 5.50. The number of hydrogen-bond acceptors (Lipinski definition) is 4. The van der Waals surface area contributed by atoms with E-state index in [1.165, 1.54) is 19.3 Å². The third-order valence-corrected chi connectivity index (χ3v) is 4.26. The van der Waals surface area contributed by atoms with Crippen molar-refractivity contribution in [1.82, 2.24) is 5.32 Å². The molecule has 1 fully saturated rings. The van der Waals surface area contributed by atoms with Crippen molar-refractivity contribution < 1.29 is 13.9 Å². The van der Waals surface area contributed by atoms with Crippen molar-refractivity contribution in [2.45, 2.75) is 31.7 Å². The fourth-order valence-corrected chi connectivity index (χ4v) is 3.25. The molecule has 3 heterocycles. The SMILES string of the molecule is Oc1c2ccoc2c(CC2CCCCN2)c2ccoc12. The predicted octanol–water partition coefficient (Wildman–Crippen LogP) is 3.57. The summed E-state index contributed by atoms with van der Waals surface area (Å²) >= 11 is 0. The van der Waals surface area contributed by atoms with Gasteiger partial charge in [-0.15, -0.1) is 0 Å². The number of phenolic OH excluding ortho intramolecular Hbond substituents is 1. The third kappa shape index (κ3) is 1.72. The van der Waals surface area contributed by atoms with Gasteiger partial charge in [0.05, 0.1) is 17.9 Å². The lowest BCUT2D eigenvalue weighted by Gasteiger charge is -2.23. The Balaban J connectivity index is 1.88. The first kappa shape index (κ1) is 11.9. The Morgan fingerprint density at radius 3 is 2.70 bits per heavy atom. The Morgan fingerprint density at radius 1 is 1.10 bits per heavy atom. The zero-order valence-electron chi connectivity index (χ0n) is 11.2. The summed E-state index contributed by atoms with van der Waals surface area (Å²) in [4.78, 5) is 0. The number of benzene rings is 1. The minimum absolute atomic E-state index is 0.175. The summed E-state index contributed by atoms with van der Waals surface area (Å²) in [7, 11) is 0. The summed E-state index contributed by atoms with van der Waals surface area (Å²) in [6.45, 7) is 1.08. The zero-order chi connectivity index (χ0) is 13.5. The quantitative estimate of drug-likeness (QED) is 0.748. The highest BCUT2D eigenvalue weighted by Crippen LogP contribution is 2.39. The monoisotopic (exact) mass is 271 g/mol. The minimum Gasteiger partial charge on any atom is -0.504 e. The Labute approximate surface area is 116 Å². The largest absolute Gasteiger partial charge is 0.504 e. The fourth-order valence-electron chi connectivity index (χ4n) is 3.25. The summed E-state index contributed by atoms with van der Waals surface area (Å²) in [6, 6.07) is 4.18. The third-order valence-electron chi connectivity index (χ3n) is 4.26. The van der Waals surface area contributed by atoms with Gasteiger partial charge in [0, 0.05) is 17.0 Å². The van der Waals surface area contributed by atoms with E-state index in [0.29, 0.717) is 11.6 Å². The summed E-state index contributed by atoms with van der Waals surface area (Å²) in [5, 5.41) is 15.5. The normalized spacial score (nSPS) is 19.9. The highest BCUT2D eigenvalue weighted by Gasteiger charge is 2.21. The van der Waals surface area contributed by atoms with Gasteiger partial charge in [-0.25, -0.2) is 0 Å². The Bertz CT molecular complexity index is 698. The van der Waals surface area contributed by atoms with Crippen LogP contribution in [0.5, 0.6) is 5.75 Å². The molecule has 1 aliphatic rings. The van der Waals surface area contributed by atoms with Gasteiger partial charge in [0.2, 0.25) is 0 Å². The van der Waals surface area contributed by atoms with Crippen LogP contribution < -0.4 is 5.32 Å². The number of fused-ring (bicyclic) bond motifs is 2. The first-order valence-corrected chi connectivity index (χ1v) is 7.16. The molecule has 0 spiro atoms. The van der Waals surface area contributed by atoms with Crippen molar-refractivity contribution in [3.8, 4) is 5.75 Å². The standard InChI is InChI=1S/C16H17NO3/c18-14-12-5-8-19-15(12)13(11-4-7-20-16(11)14)9-10-3-1-2-6-17-10/h4-5,7-8,10,17-18H,1-3,6,9H2. The van der Waals surface area contributed by atoms with E-state index in [-0.39, 0.29) is 5.75 Å². The predicted molar refractivity (Wildman–Crippen MR) is 77.0 cm³/mol. The maximum absolute atomic E-state index is 10.2. The lowest BCUT2D eigenvalue weighted by molar-refractivity contribution is 0.399. The number of phenols is 1. The fraction of sp³-hybridized carbons (Fsp3) is 0.375. The molecular formula is C16H17NO3. The van der Waals surface area contributed by atoms with Crippen molar-refractivity contribution in [2.75, 3.05) is 6.54 Å². The van der Waals surface area contributed by atoms with E-state index in [2.05, 4.69) is 5.32 Å². The molecule has 0 amide bonds. The Hall–Kier alpha value is -1.94. The highest BCUT2D eigenvalue weighted by molar-refractivity contribution is 6.03. The molecule has 0 saturated carbocycles. The van der Waals surface area contributed by atoms with Crippen molar-refractivity contribution in [1.29, 1.82) is 0 Å². The molecule has 4 heteroatoms. The van der Waals surface area contributed by atoms with Crippen LogP contribution in [0.1, 0.15) is 24.8 Å². The van der Waals surface area contributed by atoms with Crippen LogP contribution in [-0.4, -0.2) is 17.7 Å². The van der Waals surface area contributed by atoms with Gasteiger partial charge in [-0.2, -0.15) is 0 Å². The number of piperidine rings is 1. The summed E-state index contributed by atoms with van der Waals surface area (Å²) in [6.07, 6.45) is 7.86. The van der Waals surface area contributed by atoms with Gasteiger partial charge in [0.1, 0.15) is 5.58 Å². The van der Waals surface area contributed by atoms with Gasteiger partial charge in [0.15, 0.2) is 11.3 Å². The van der Waals surface area contributed by atoms with Crippen molar-refractivity contribution in [3.63, 3.8) is 0 Å². The molecule has 0 radical (unpaired) electrons. The van der Waals surface area contributed by atoms with Gasteiger partial charge in [0.25, 0.3) is 0 Å². The van der Waals surface area contributed by atoms with Crippen LogP contribution >= 0.6 is 0 Å². The van der Waals surface area contributed by atoms with Gasteiger partial charge >= 0.3 is 0 Å². The van der Waals surface area contributed by atoms with E-state index in [1.807, 2.05) is 6.07 Å². The molecule has 2 aromatic heterocycles. The van der Waals surface area contributed by atoms with Gasteiger partial charge in [-0.1, -0.05) is 6.42 Å². The topological polar surface area (TPSA) is 58.5 Å². The number of aromatic hydroxyl groups is 1. The number of furan rings is 2. The molecule has 1 aliphatic heterocycles. The lowest BCUT2D eigenvalue weighted by Crippen LogP contribution is -2.35. The average molecular weight is 271 g/mol. The summed E-state index contributed by atoms with van der Waals surface area (Å²) < 4.78 is 11.1. The molecule has 0 bridgehead atoms. The van der Waals surface area contributed by atoms with Crippen LogP contribution in [0, 0.1) is 0 Å².